The van der Waals surface area contributed by atoms with Crippen molar-refractivity contribution >= 4 is 18.0 Å². The van der Waals surface area contributed by atoms with Crippen molar-refractivity contribution in [2.24, 2.45) is 0 Å². The third-order valence-electron chi connectivity index (χ3n) is 1.95. The number of carboxylic acid groups (broad SMARTS) is 1. The molecule has 0 aromatic heterocycles. The number of hydrogen-bond donors (Lipinski definition) is 2. The Morgan fingerprint density at radius 1 is 1.22 bits per heavy atom. The molecule has 0 bridgehead atoms. The molecular weight excluding hydrogens is 246 g/mol. The van der Waals surface area contributed by atoms with E-state index < -0.39 is 24.1 Å². The minimum atomic E-state index is -1.07. The first-order valence-corrected chi connectivity index (χ1v) is 5.23. The second-order valence-electron chi connectivity index (χ2n) is 3.28. The molecule has 8 heteroatoms. The lowest BCUT2D eigenvalue weighted by Gasteiger charge is -2.15. The number of carbonyl (C=O) groups excluding carboxylic acids is 2. The van der Waals surface area contributed by atoms with Gasteiger partial charge in [0.15, 0.2) is 0 Å². The quantitative estimate of drug-likeness (QED) is 0.459. The van der Waals surface area contributed by atoms with E-state index in [0.717, 1.165) is 7.11 Å². The molecule has 0 aliphatic rings. The summed E-state index contributed by atoms with van der Waals surface area (Å²) in [5.41, 5.74) is 0. The van der Waals surface area contributed by atoms with Crippen molar-refractivity contribution in [2.45, 2.75) is 18.9 Å². The third kappa shape index (κ3) is 7.44. The SMILES string of the molecule is COCCOC(=O)NC(CCC(=O)O)C(=O)OC. The van der Waals surface area contributed by atoms with Crippen LogP contribution in [0.15, 0.2) is 0 Å². The van der Waals surface area contributed by atoms with E-state index in [1.165, 1.54) is 7.11 Å². The zero-order valence-corrected chi connectivity index (χ0v) is 10.3. The minimum Gasteiger partial charge on any atom is -0.481 e. The summed E-state index contributed by atoms with van der Waals surface area (Å²) < 4.78 is 13.8. The van der Waals surface area contributed by atoms with Gasteiger partial charge in [-0.1, -0.05) is 0 Å². The monoisotopic (exact) mass is 263 g/mol. The van der Waals surface area contributed by atoms with Crippen LogP contribution in [0.5, 0.6) is 0 Å². The van der Waals surface area contributed by atoms with Gasteiger partial charge in [0, 0.05) is 13.5 Å². The lowest BCUT2D eigenvalue weighted by molar-refractivity contribution is -0.143. The van der Waals surface area contributed by atoms with Crippen molar-refractivity contribution in [3.63, 3.8) is 0 Å². The maximum absolute atomic E-state index is 11.3. The molecule has 0 aromatic carbocycles. The molecule has 0 saturated heterocycles. The van der Waals surface area contributed by atoms with E-state index in [1.807, 2.05) is 0 Å². The summed E-state index contributed by atoms with van der Waals surface area (Å²) in [5.74, 6) is -1.79. The van der Waals surface area contributed by atoms with E-state index in [-0.39, 0.29) is 26.1 Å². The van der Waals surface area contributed by atoms with E-state index in [9.17, 15) is 14.4 Å². The number of ether oxygens (including phenoxy) is 3. The standard InChI is InChI=1S/C10H17NO7/c1-16-5-6-18-10(15)11-7(9(14)17-2)3-4-8(12)13/h7H,3-6H2,1-2H3,(H,11,15)(H,12,13). The molecule has 0 heterocycles. The second-order valence-corrected chi connectivity index (χ2v) is 3.28. The molecule has 18 heavy (non-hydrogen) atoms. The number of aliphatic carboxylic acids is 1. The third-order valence-corrected chi connectivity index (χ3v) is 1.95. The first kappa shape index (κ1) is 16.2. The fourth-order valence-corrected chi connectivity index (χ4v) is 1.06. The zero-order chi connectivity index (χ0) is 14.0. The average Bonchev–Trinajstić information content (AvgIpc) is 2.33. The molecule has 104 valence electrons. The van der Waals surface area contributed by atoms with Crippen LogP contribution < -0.4 is 5.32 Å². The molecular formula is C10H17NO7. The van der Waals surface area contributed by atoms with Gasteiger partial charge < -0.3 is 24.6 Å². The highest BCUT2D eigenvalue weighted by molar-refractivity contribution is 5.81. The van der Waals surface area contributed by atoms with Crippen molar-refractivity contribution < 1.29 is 33.7 Å². The fraction of sp³-hybridized carbons (Fsp3) is 0.700. The molecule has 0 saturated carbocycles. The number of amides is 1. The molecule has 1 amide bonds. The summed E-state index contributed by atoms with van der Waals surface area (Å²) >= 11 is 0. The first-order valence-electron chi connectivity index (χ1n) is 5.23. The highest BCUT2D eigenvalue weighted by Crippen LogP contribution is 2.00. The van der Waals surface area contributed by atoms with Crippen molar-refractivity contribution in [1.29, 1.82) is 0 Å². The topological polar surface area (TPSA) is 111 Å². The van der Waals surface area contributed by atoms with Crippen LogP contribution in [0.25, 0.3) is 0 Å². The fourth-order valence-electron chi connectivity index (χ4n) is 1.06. The number of rotatable bonds is 8. The average molecular weight is 263 g/mol. The maximum atomic E-state index is 11.3. The van der Waals surface area contributed by atoms with E-state index in [4.69, 9.17) is 5.11 Å². The predicted octanol–water partition coefficient (Wildman–Crippen LogP) is -0.235. The molecule has 0 fully saturated rings. The van der Waals surface area contributed by atoms with E-state index in [2.05, 4.69) is 19.5 Å². The molecule has 1 atom stereocenters. The van der Waals surface area contributed by atoms with Gasteiger partial charge in [0.05, 0.1) is 13.7 Å². The van der Waals surface area contributed by atoms with Crippen LogP contribution in [0.1, 0.15) is 12.8 Å². The van der Waals surface area contributed by atoms with Crippen LogP contribution in [-0.4, -0.2) is 56.6 Å². The number of carboxylic acids is 1. The summed E-state index contributed by atoms with van der Waals surface area (Å²) in [6.07, 6.45) is -1.16. The van der Waals surface area contributed by atoms with Gasteiger partial charge in [-0.2, -0.15) is 0 Å². The number of methoxy groups -OCH3 is 2. The highest BCUT2D eigenvalue weighted by Gasteiger charge is 2.22. The zero-order valence-electron chi connectivity index (χ0n) is 10.3. The van der Waals surface area contributed by atoms with Crippen molar-refractivity contribution in [3.05, 3.63) is 0 Å². The lowest BCUT2D eigenvalue weighted by atomic mass is 10.1. The summed E-state index contributed by atoms with van der Waals surface area (Å²) in [7, 11) is 2.60. The van der Waals surface area contributed by atoms with Crippen LogP contribution in [0.2, 0.25) is 0 Å². The predicted molar refractivity (Wildman–Crippen MR) is 59.0 cm³/mol. The Balaban J connectivity index is 4.17. The van der Waals surface area contributed by atoms with E-state index in [1.54, 1.807) is 0 Å². The molecule has 0 spiro atoms. The maximum Gasteiger partial charge on any atom is 0.407 e. The molecule has 0 radical (unpaired) electrons. The molecule has 0 aliphatic carbocycles. The number of esters is 1. The van der Waals surface area contributed by atoms with Gasteiger partial charge in [-0.05, 0) is 6.42 Å². The van der Waals surface area contributed by atoms with Crippen LogP contribution in [-0.2, 0) is 23.8 Å². The van der Waals surface area contributed by atoms with Crippen LogP contribution in [0.3, 0.4) is 0 Å². The molecule has 0 aliphatic heterocycles. The summed E-state index contributed by atoms with van der Waals surface area (Å²) in [4.78, 5) is 32.9. The van der Waals surface area contributed by atoms with Crippen molar-refractivity contribution in [3.8, 4) is 0 Å². The highest BCUT2D eigenvalue weighted by atomic mass is 16.6. The Labute approximate surface area is 104 Å². The summed E-state index contributed by atoms with van der Waals surface area (Å²) in [5, 5.41) is 10.7. The second kappa shape index (κ2) is 9.23. The van der Waals surface area contributed by atoms with Crippen LogP contribution in [0, 0.1) is 0 Å². The Morgan fingerprint density at radius 2 is 1.89 bits per heavy atom. The van der Waals surface area contributed by atoms with Gasteiger partial charge in [-0.15, -0.1) is 0 Å². The Morgan fingerprint density at radius 3 is 2.39 bits per heavy atom. The molecule has 8 nitrogen and oxygen atoms in total. The van der Waals surface area contributed by atoms with Crippen molar-refractivity contribution in [1.82, 2.24) is 5.32 Å². The number of alkyl carbamates (subject to hydrolysis) is 1. The normalized spacial score (nSPS) is 11.4. The Bertz CT molecular complexity index is 292. The molecule has 1 unspecified atom stereocenters. The molecule has 0 aromatic rings. The van der Waals surface area contributed by atoms with Gasteiger partial charge in [0.2, 0.25) is 0 Å². The lowest BCUT2D eigenvalue weighted by Crippen LogP contribution is -2.42. The van der Waals surface area contributed by atoms with Gasteiger partial charge >= 0.3 is 18.0 Å². The minimum absolute atomic E-state index is 0.0369. The number of nitrogens with one attached hydrogen (secondary N) is 1. The Kier molecular flexibility index (Phi) is 8.29. The van der Waals surface area contributed by atoms with Gasteiger partial charge in [0.25, 0.3) is 0 Å². The smallest absolute Gasteiger partial charge is 0.407 e. The summed E-state index contributed by atoms with van der Waals surface area (Å²) in [6, 6.07) is -1.04. The summed E-state index contributed by atoms with van der Waals surface area (Å²) in [6.45, 7) is 0.264. The van der Waals surface area contributed by atoms with Crippen LogP contribution >= 0.6 is 0 Å². The largest absolute Gasteiger partial charge is 0.481 e. The van der Waals surface area contributed by atoms with Crippen LogP contribution in [0.4, 0.5) is 4.79 Å². The number of hydrogen-bond acceptors (Lipinski definition) is 6. The van der Waals surface area contributed by atoms with E-state index >= 15 is 0 Å². The molecule has 2 N–H and O–H groups in total. The van der Waals surface area contributed by atoms with Gasteiger partial charge in [0.1, 0.15) is 12.6 Å². The number of carbonyl (C=O) groups is 3. The van der Waals surface area contributed by atoms with Gasteiger partial charge in [-0.3, -0.25) is 4.79 Å². The molecule has 0 rings (SSSR count). The van der Waals surface area contributed by atoms with E-state index in [0.29, 0.717) is 0 Å². The van der Waals surface area contributed by atoms with Gasteiger partial charge in [-0.25, -0.2) is 9.59 Å². The first-order chi connectivity index (χ1) is 8.51. The Hall–Kier alpha value is -1.83. The van der Waals surface area contributed by atoms with Crippen molar-refractivity contribution in [2.75, 3.05) is 27.4 Å².